The molecule has 0 aliphatic heterocycles. The predicted molar refractivity (Wildman–Crippen MR) is 127 cm³/mol. The maximum atomic E-state index is 12.9. The molecule has 0 aliphatic rings. The molecule has 2 N–H and O–H groups in total. The fourth-order valence-corrected chi connectivity index (χ4v) is 3.74. The zero-order chi connectivity index (χ0) is 24.0. The second kappa shape index (κ2) is 11.3. The average molecular weight is 493 g/mol. The summed E-state index contributed by atoms with van der Waals surface area (Å²) in [4.78, 5) is 18.7. The first kappa shape index (κ1) is 24.7. The number of imidazole rings is 1. The van der Waals surface area contributed by atoms with Crippen molar-refractivity contribution in [2.24, 2.45) is 7.05 Å². The number of aliphatic hydroxyl groups is 1. The fraction of sp³-hybridized carbons (Fsp3) is 0.304. The average Bonchev–Trinajstić information content (AvgIpc) is 3.21. The van der Waals surface area contributed by atoms with Gasteiger partial charge in [-0.3, -0.25) is 0 Å². The number of nitrogens with zero attached hydrogens (tertiary/aromatic N) is 3. The molecule has 2 amide bonds. The molecule has 3 rings (SSSR count). The molecule has 0 saturated carbocycles. The summed E-state index contributed by atoms with van der Waals surface area (Å²) in [6.45, 7) is 0.0194. The van der Waals surface area contributed by atoms with E-state index < -0.39 is 12.1 Å². The Kier molecular flexibility index (Phi) is 8.43. The van der Waals surface area contributed by atoms with Crippen LogP contribution < -0.4 is 14.8 Å². The summed E-state index contributed by atoms with van der Waals surface area (Å²) in [5.41, 5.74) is 0.841. The zero-order valence-corrected chi connectivity index (χ0v) is 20.0. The van der Waals surface area contributed by atoms with Gasteiger partial charge in [-0.1, -0.05) is 35.3 Å². The van der Waals surface area contributed by atoms with E-state index in [9.17, 15) is 9.90 Å². The third kappa shape index (κ3) is 6.77. The van der Waals surface area contributed by atoms with Crippen molar-refractivity contribution in [3.05, 3.63) is 76.3 Å². The van der Waals surface area contributed by atoms with E-state index in [-0.39, 0.29) is 19.2 Å². The van der Waals surface area contributed by atoms with Crippen LogP contribution in [0.2, 0.25) is 10.0 Å². The lowest BCUT2D eigenvalue weighted by Gasteiger charge is -2.25. The van der Waals surface area contributed by atoms with Crippen LogP contribution in [-0.4, -0.2) is 59.0 Å². The highest BCUT2D eigenvalue weighted by atomic mass is 35.5. The summed E-state index contributed by atoms with van der Waals surface area (Å²) in [5, 5.41) is 14.2. The van der Waals surface area contributed by atoms with Gasteiger partial charge in [0, 0.05) is 36.5 Å². The molecule has 33 heavy (non-hydrogen) atoms. The number of hydrogen-bond donors (Lipinski definition) is 2. The molecule has 1 heterocycles. The van der Waals surface area contributed by atoms with Gasteiger partial charge < -0.3 is 29.4 Å². The molecule has 1 aromatic heterocycles. The lowest BCUT2D eigenvalue weighted by molar-refractivity contribution is 0.0827. The Morgan fingerprint density at radius 2 is 1.85 bits per heavy atom. The highest BCUT2D eigenvalue weighted by molar-refractivity contribution is 6.34. The van der Waals surface area contributed by atoms with Crippen molar-refractivity contribution >= 4 is 29.2 Å². The smallest absolute Gasteiger partial charge is 0.318 e. The Bertz CT molecular complexity index is 1050. The number of hydrogen-bond acceptors (Lipinski definition) is 5. The molecule has 0 spiro atoms. The van der Waals surface area contributed by atoms with Gasteiger partial charge in [-0.05, 0) is 35.9 Å². The number of benzene rings is 2. The minimum Gasteiger partial charge on any atom is -0.497 e. The van der Waals surface area contributed by atoms with Gasteiger partial charge >= 0.3 is 6.03 Å². The van der Waals surface area contributed by atoms with Crippen molar-refractivity contribution < 1.29 is 19.4 Å². The molecule has 2 unspecified atom stereocenters. The number of ether oxygens (including phenoxy) is 2. The monoisotopic (exact) mass is 492 g/mol. The molecule has 0 fully saturated rings. The topological polar surface area (TPSA) is 88.8 Å². The number of aliphatic hydroxyl groups excluding tert-OH is 1. The number of urea groups is 1. The Morgan fingerprint density at radius 1 is 1.18 bits per heavy atom. The van der Waals surface area contributed by atoms with Crippen molar-refractivity contribution in [2.75, 3.05) is 27.3 Å². The number of methoxy groups -OCH3 is 1. The maximum absolute atomic E-state index is 12.9. The number of carbonyl (C=O) groups is 1. The zero-order valence-electron chi connectivity index (χ0n) is 18.5. The molecule has 3 aromatic rings. The Labute approximate surface area is 202 Å². The molecule has 2 aromatic carbocycles. The molecule has 0 saturated heterocycles. The molecule has 0 radical (unpaired) electrons. The van der Waals surface area contributed by atoms with Gasteiger partial charge in [0.15, 0.2) is 0 Å². The third-order valence-corrected chi connectivity index (χ3v) is 5.38. The summed E-state index contributed by atoms with van der Waals surface area (Å²) < 4.78 is 12.6. The van der Waals surface area contributed by atoms with Crippen LogP contribution in [0.3, 0.4) is 0 Å². The van der Waals surface area contributed by atoms with Gasteiger partial charge in [0.2, 0.25) is 0 Å². The van der Waals surface area contributed by atoms with Gasteiger partial charge in [0.25, 0.3) is 0 Å². The molecular weight excluding hydrogens is 467 g/mol. The van der Waals surface area contributed by atoms with Crippen LogP contribution in [0.1, 0.15) is 17.4 Å². The number of halogens is 2. The number of aromatic nitrogens is 2. The van der Waals surface area contributed by atoms with Crippen LogP contribution in [0.15, 0.2) is 54.9 Å². The molecule has 0 aliphatic carbocycles. The van der Waals surface area contributed by atoms with Crippen LogP contribution in [0.25, 0.3) is 0 Å². The second-order valence-corrected chi connectivity index (χ2v) is 8.38. The number of carbonyl (C=O) groups excluding carboxylic acids is 1. The first-order valence-corrected chi connectivity index (χ1v) is 10.9. The molecule has 0 bridgehead atoms. The molecule has 176 valence electrons. The number of nitrogens with one attached hydrogen (secondary N) is 1. The summed E-state index contributed by atoms with van der Waals surface area (Å²) in [6.07, 6.45) is 2.56. The SMILES string of the molecule is COc1ccc(C(NC(=O)N(C)CC(O)COc2cc(Cl)cc(Cl)c2)c2nccn2C)cc1. The molecule has 10 heteroatoms. The quantitative estimate of drug-likeness (QED) is 0.472. The summed E-state index contributed by atoms with van der Waals surface area (Å²) in [5.74, 6) is 1.82. The van der Waals surface area contributed by atoms with Crippen LogP contribution in [-0.2, 0) is 7.05 Å². The molecule has 8 nitrogen and oxygen atoms in total. The van der Waals surface area contributed by atoms with Gasteiger partial charge in [-0.25, -0.2) is 9.78 Å². The van der Waals surface area contributed by atoms with E-state index in [2.05, 4.69) is 10.3 Å². The van der Waals surface area contributed by atoms with Crippen LogP contribution >= 0.6 is 23.2 Å². The van der Waals surface area contributed by atoms with Crippen LogP contribution in [0.4, 0.5) is 4.79 Å². The number of aryl methyl sites for hydroxylation is 1. The van der Waals surface area contributed by atoms with E-state index in [4.69, 9.17) is 32.7 Å². The van der Waals surface area contributed by atoms with Crippen molar-refractivity contribution in [2.45, 2.75) is 12.1 Å². The highest BCUT2D eigenvalue weighted by Crippen LogP contribution is 2.25. The summed E-state index contributed by atoms with van der Waals surface area (Å²) in [6, 6.07) is 11.3. The van der Waals surface area contributed by atoms with Crippen molar-refractivity contribution in [3.8, 4) is 11.5 Å². The number of amides is 2. The first-order valence-electron chi connectivity index (χ1n) is 10.2. The molecular formula is C23H26Cl2N4O4. The van der Waals surface area contributed by atoms with E-state index in [1.165, 1.54) is 4.90 Å². The van der Waals surface area contributed by atoms with Crippen molar-refractivity contribution in [1.82, 2.24) is 19.8 Å². The Hall–Kier alpha value is -2.94. The Morgan fingerprint density at radius 3 is 2.42 bits per heavy atom. The predicted octanol–water partition coefficient (Wildman–Crippen LogP) is 3.91. The van der Waals surface area contributed by atoms with Crippen LogP contribution in [0, 0.1) is 0 Å². The van der Waals surface area contributed by atoms with Crippen molar-refractivity contribution in [1.29, 1.82) is 0 Å². The van der Waals surface area contributed by atoms with Crippen LogP contribution in [0.5, 0.6) is 11.5 Å². The van der Waals surface area contributed by atoms with Gasteiger partial charge in [0.1, 0.15) is 36.1 Å². The lowest BCUT2D eigenvalue weighted by Crippen LogP contribution is -2.44. The van der Waals surface area contributed by atoms with E-state index in [0.717, 1.165) is 5.56 Å². The number of likely N-dealkylation sites (N-methyl/N-ethyl adjacent to an activating group) is 1. The number of rotatable bonds is 9. The highest BCUT2D eigenvalue weighted by Gasteiger charge is 2.23. The standard InChI is InChI=1S/C23H26Cl2N4O4/c1-28-9-8-26-22(28)21(15-4-6-19(32-3)7-5-15)27-23(31)29(2)13-18(30)14-33-20-11-16(24)10-17(25)12-20/h4-12,18,21,30H,13-14H2,1-3H3,(H,27,31). The summed E-state index contributed by atoms with van der Waals surface area (Å²) >= 11 is 11.9. The van der Waals surface area contributed by atoms with Gasteiger partial charge in [-0.2, -0.15) is 0 Å². The summed E-state index contributed by atoms with van der Waals surface area (Å²) in [7, 11) is 5.05. The third-order valence-electron chi connectivity index (χ3n) is 4.94. The Balaban J connectivity index is 1.63. The largest absolute Gasteiger partial charge is 0.497 e. The van der Waals surface area contributed by atoms with E-state index in [1.54, 1.807) is 38.6 Å². The second-order valence-electron chi connectivity index (χ2n) is 7.50. The normalized spacial score (nSPS) is 12.7. The van der Waals surface area contributed by atoms with E-state index in [0.29, 0.717) is 27.4 Å². The minimum atomic E-state index is -0.925. The van der Waals surface area contributed by atoms with E-state index >= 15 is 0 Å². The first-order chi connectivity index (χ1) is 15.8. The minimum absolute atomic E-state index is 0.0322. The van der Waals surface area contributed by atoms with E-state index in [1.807, 2.05) is 42.1 Å². The molecule has 2 atom stereocenters. The van der Waals surface area contributed by atoms with Gasteiger partial charge in [-0.15, -0.1) is 0 Å². The van der Waals surface area contributed by atoms with Gasteiger partial charge in [0.05, 0.1) is 13.7 Å². The lowest BCUT2D eigenvalue weighted by atomic mass is 10.1. The maximum Gasteiger partial charge on any atom is 0.318 e. The fourth-order valence-electron chi connectivity index (χ4n) is 3.24. The van der Waals surface area contributed by atoms with Crippen molar-refractivity contribution in [3.63, 3.8) is 0 Å².